The molecule has 1 aliphatic carbocycles. The molecular weight excluding hydrogens is 156 g/mol. The van der Waals surface area contributed by atoms with Crippen molar-refractivity contribution in [1.29, 1.82) is 0 Å². The average molecular weight is 171 g/mol. The number of halogens is 1. The van der Waals surface area contributed by atoms with Crippen molar-refractivity contribution in [2.24, 2.45) is 5.41 Å². The number of allylic oxidation sites excluding steroid dienone is 4. The third-order valence-corrected chi connectivity index (χ3v) is 3.12. The minimum absolute atomic E-state index is 0.135. The summed E-state index contributed by atoms with van der Waals surface area (Å²) >= 11 is 6.41. The van der Waals surface area contributed by atoms with E-state index in [1.54, 1.807) is 0 Å². The fourth-order valence-corrected chi connectivity index (χ4v) is 1.31. The van der Waals surface area contributed by atoms with Gasteiger partial charge in [0.1, 0.15) is 0 Å². The molecule has 11 heavy (non-hydrogen) atoms. The first-order chi connectivity index (χ1) is 4.96. The van der Waals surface area contributed by atoms with Crippen molar-refractivity contribution >= 4 is 11.6 Å². The fraction of sp³-hybridized carbons (Fsp3) is 0.600. The van der Waals surface area contributed by atoms with Crippen LogP contribution in [0.3, 0.4) is 0 Å². The molecule has 1 rings (SSSR count). The SMILES string of the molecule is CC(C)(C)C1(Cl)C=CC=CC1. The molecule has 1 unspecified atom stereocenters. The van der Waals surface area contributed by atoms with Gasteiger partial charge in [0.05, 0.1) is 4.87 Å². The zero-order chi connectivity index (χ0) is 8.54. The van der Waals surface area contributed by atoms with Gasteiger partial charge in [-0.2, -0.15) is 0 Å². The van der Waals surface area contributed by atoms with Crippen LogP contribution in [0.25, 0.3) is 0 Å². The fourth-order valence-electron chi connectivity index (χ4n) is 1.15. The summed E-state index contributed by atoms with van der Waals surface area (Å²) in [5.41, 5.74) is 0.135. The van der Waals surface area contributed by atoms with Crippen molar-refractivity contribution in [2.45, 2.75) is 32.1 Å². The zero-order valence-electron chi connectivity index (χ0n) is 7.39. The van der Waals surface area contributed by atoms with Gasteiger partial charge < -0.3 is 0 Å². The van der Waals surface area contributed by atoms with Crippen molar-refractivity contribution in [3.05, 3.63) is 24.3 Å². The van der Waals surface area contributed by atoms with Crippen LogP contribution in [-0.4, -0.2) is 4.87 Å². The third kappa shape index (κ3) is 1.67. The minimum Gasteiger partial charge on any atom is -0.114 e. The van der Waals surface area contributed by atoms with Crippen LogP contribution >= 0.6 is 11.6 Å². The highest BCUT2D eigenvalue weighted by atomic mass is 35.5. The van der Waals surface area contributed by atoms with E-state index in [1.165, 1.54) is 0 Å². The van der Waals surface area contributed by atoms with E-state index in [1.807, 2.05) is 12.2 Å². The van der Waals surface area contributed by atoms with Crippen LogP contribution in [-0.2, 0) is 0 Å². The van der Waals surface area contributed by atoms with E-state index in [0.29, 0.717) is 0 Å². The average Bonchev–Trinajstić information content (AvgIpc) is 1.87. The van der Waals surface area contributed by atoms with E-state index in [9.17, 15) is 0 Å². The summed E-state index contributed by atoms with van der Waals surface area (Å²) in [7, 11) is 0. The van der Waals surface area contributed by atoms with Crippen molar-refractivity contribution in [1.82, 2.24) is 0 Å². The number of hydrogen-bond acceptors (Lipinski definition) is 0. The molecule has 0 radical (unpaired) electrons. The predicted molar refractivity (Wildman–Crippen MR) is 50.9 cm³/mol. The maximum Gasteiger partial charge on any atom is 0.0711 e. The van der Waals surface area contributed by atoms with Crippen LogP contribution in [0.4, 0.5) is 0 Å². The molecule has 0 spiro atoms. The van der Waals surface area contributed by atoms with Gasteiger partial charge in [0, 0.05) is 0 Å². The zero-order valence-corrected chi connectivity index (χ0v) is 8.15. The molecular formula is C10H15Cl. The highest BCUT2D eigenvalue weighted by Crippen LogP contribution is 2.42. The summed E-state index contributed by atoms with van der Waals surface area (Å²) in [5, 5.41) is 0. The quantitative estimate of drug-likeness (QED) is 0.488. The first-order valence-electron chi connectivity index (χ1n) is 3.99. The summed E-state index contributed by atoms with van der Waals surface area (Å²) in [6.45, 7) is 6.51. The molecule has 1 atom stereocenters. The molecule has 0 nitrogen and oxygen atoms in total. The standard InChI is InChI=1S/C10H15Cl/c1-9(2,3)10(11)7-5-4-6-8-10/h4-7H,8H2,1-3H3. The summed E-state index contributed by atoms with van der Waals surface area (Å²) in [6, 6.07) is 0. The topological polar surface area (TPSA) is 0 Å². The Morgan fingerprint density at radius 3 is 2.18 bits per heavy atom. The van der Waals surface area contributed by atoms with Gasteiger partial charge in [0.15, 0.2) is 0 Å². The lowest BCUT2D eigenvalue weighted by Crippen LogP contribution is -2.35. The summed E-state index contributed by atoms with van der Waals surface area (Å²) in [4.78, 5) is -0.179. The molecule has 0 aromatic carbocycles. The van der Waals surface area contributed by atoms with Gasteiger partial charge in [-0.25, -0.2) is 0 Å². The van der Waals surface area contributed by atoms with Crippen LogP contribution in [0.15, 0.2) is 24.3 Å². The van der Waals surface area contributed by atoms with Crippen LogP contribution in [0.5, 0.6) is 0 Å². The molecule has 1 heteroatoms. The second kappa shape index (κ2) is 2.67. The number of hydrogen-bond donors (Lipinski definition) is 0. The Bertz CT molecular complexity index is 195. The Balaban J connectivity index is 2.84. The van der Waals surface area contributed by atoms with Gasteiger partial charge in [-0.3, -0.25) is 0 Å². The van der Waals surface area contributed by atoms with Crippen LogP contribution in [0.1, 0.15) is 27.2 Å². The van der Waals surface area contributed by atoms with E-state index < -0.39 is 0 Å². The smallest absolute Gasteiger partial charge is 0.0711 e. The Labute approximate surface area is 73.9 Å². The molecule has 0 fully saturated rings. The molecule has 1 aliphatic rings. The van der Waals surface area contributed by atoms with E-state index in [-0.39, 0.29) is 10.3 Å². The van der Waals surface area contributed by atoms with Crippen molar-refractivity contribution < 1.29 is 0 Å². The third-order valence-electron chi connectivity index (χ3n) is 2.27. The van der Waals surface area contributed by atoms with Crippen LogP contribution in [0.2, 0.25) is 0 Å². The Morgan fingerprint density at radius 1 is 1.27 bits per heavy atom. The molecule has 0 aromatic rings. The van der Waals surface area contributed by atoms with Gasteiger partial charge >= 0.3 is 0 Å². The van der Waals surface area contributed by atoms with Crippen LogP contribution < -0.4 is 0 Å². The largest absolute Gasteiger partial charge is 0.114 e. The summed E-state index contributed by atoms with van der Waals surface area (Å²) < 4.78 is 0. The lowest BCUT2D eigenvalue weighted by atomic mass is 9.76. The van der Waals surface area contributed by atoms with Crippen molar-refractivity contribution in [2.75, 3.05) is 0 Å². The summed E-state index contributed by atoms with van der Waals surface area (Å²) in [6.07, 6.45) is 9.23. The van der Waals surface area contributed by atoms with Gasteiger partial charge in [0.2, 0.25) is 0 Å². The molecule has 62 valence electrons. The number of rotatable bonds is 0. The first kappa shape index (κ1) is 8.86. The molecule has 0 amide bonds. The lowest BCUT2D eigenvalue weighted by Gasteiger charge is -2.37. The van der Waals surface area contributed by atoms with E-state index >= 15 is 0 Å². The van der Waals surface area contributed by atoms with E-state index in [4.69, 9.17) is 11.6 Å². The minimum atomic E-state index is -0.179. The molecule has 0 aliphatic heterocycles. The maximum atomic E-state index is 6.41. The lowest BCUT2D eigenvalue weighted by molar-refractivity contribution is 0.321. The van der Waals surface area contributed by atoms with Gasteiger partial charge in [-0.05, 0) is 11.8 Å². The second-order valence-corrected chi connectivity index (χ2v) is 4.78. The Morgan fingerprint density at radius 2 is 1.91 bits per heavy atom. The number of alkyl halides is 1. The predicted octanol–water partition coefficient (Wildman–Crippen LogP) is 3.53. The molecule has 0 saturated carbocycles. The molecule has 0 N–H and O–H groups in total. The van der Waals surface area contributed by atoms with Crippen LogP contribution in [0, 0.1) is 5.41 Å². The normalized spacial score (nSPS) is 30.9. The van der Waals surface area contributed by atoms with Gasteiger partial charge in [-0.15, -0.1) is 11.6 Å². The second-order valence-electron chi connectivity index (χ2n) is 4.10. The monoisotopic (exact) mass is 170 g/mol. The Hall–Kier alpha value is -0.230. The Kier molecular flexibility index (Phi) is 2.15. The first-order valence-corrected chi connectivity index (χ1v) is 4.37. The highest BCUT2D eigenvalue weighted by molar-refractivity contribution is 6.26. The van der Waals surface area contributed by atoms with Gasteiger partial charge in [-0.1, -0.05) is 45.1 Å². The van der Waals surface area contributed by atoms with Crippen molar-refractivity contribution in [3.63, 3.8) is 0 Å². The molecule has 0 aromatic heterocycles. The molecule has 0 saturated heterocycles. The summed E-state index contributed by atoms with van der Waals surface area (Å²) in [5.74, 6) is 0. The van der Waals surface area contributed by atoms with E-state index in [0.717, 1.165) is 6.42 Å². The van der Waals surface area contributed by atoms with Crippen molar-refractivity contribution in [3.8, 4) is 0 Å². The highest BCUT2D eigenvalue weighted by Gasteiger charge is 2.37. The molecule has 0 bridgehead atoms. The molecule has 0 heterocycles. The van der Waals surface area contributed by atoms with E-state index in [2.05, 4.69) is 32.9 Å². The maximum absolute atomic E-state index is 6.41. The van der Waals surface area contributed by atoms with Gasteiger partial charge in [0.25, 0.3) is 0 Å².